The molecule has 7 nitrogen and oxygen atoms in total. The van der Waals surface area contributed by atoms with Crippen LogP contribution >= 0.6 is 0 Å². The molecule has 154 valence electrons. The molecule has 7 heteroatoms. The predicted octanol–water partition coefficient (Wildman–Crippen LogP) is 2.82. The van der Waals surface area contributed by atoms with Crippen LogP contribution in [0.15, 0.2) is 30.3 Å². The van der Waals surface area contributed by atoms with Gasteiger partial charge >= 0.3 is 12.0 Å². The molecular weight excluding hydrogens is 358 g/mol. The van der Waals surface area contributed by atoms with Crippen LogP contribution in [0.3, 0.4) is 0 Å². The van der Waals surface area contributed by atoms with Crippen molar-refractivity contribution in [1.29, 1.82) is 0 Å². The first-order valence-corrected chi connectivity index (χ1v) is 9.86. The highest BCUT2D eigenvalue weighted by atomic mass is 16.6. The SMILES string of the molecule is CC(C)(C)OC(=O)[C@H](NC(=O)CNC(=O)NC1CCCCC1)c1ccccc1. The Bertz CT molecular complexity index is 664. The maximum atomic E-state index is 12.6. The summed E-state index contributed by atoms with van der Waals surface area (Å²) in [7, 11) is 0. The first-order valence-electron chi connectivity index (χ1n) is 9.86. The van der Waals surface area contributed by atoms with Gasteiger partial charge < -0.3 is 20.7 Å². The fourth-order valence-corrected chi connectivity index (χ4v) is 3.14. The third-order valence-corrected chi connectivity index (χ3v) is 4.43. The Morgan fingerprint density at radius 2 is 1.71 bits per heavy atom. The molecule has 0 heterocycles. The lowest BCUT2D eigenvalue weighted by Gasteiger charge is -2.25. The second-order valence-corrected chi connectivity index (χ2v) is 8.11. The molecule has 1 fully saturated rings. The van der Waals surface area contributed by atoms with Gasteiger partial charge in [0.2, 0.25) is 5.91 Å². The lowest BCUT2D eigenvalue weighted by molar-refractivity contribution is -0.158. The Kier molecular flexibility index (Phi) is 7.84. The van der Waals surface area contributed by atoms with Gasteiger partial charge in [-0.1, -0.05) is 49.6 Å². The van der Waals surface area contributed by atoms with Gasteiger partial charge in [-0.25, -0.2) is 9.59 Å². The fourth-order valence-electron chi connectivity index (χ4n) is 3.14. The summed E-state index contributed by atoms with van der Waals surface area (Å²) >= 11 is 0. The Labute approximate surface area is 166 Å². The van der Waals surface area contributed by atoms with E-state index in [0.29, 0.717) is 5.56 Å². The smallest absolute Gasteiger partial charge is 0.333 e. The Balaban J connectivity index is 1.90. The minimum absolute atomic E-state index is 0.163. The van der Waals surface area contributed by atoms with Crippen LogP contribution in [0.2, 0.25) is 0 Å². The number of amides is 3. The summed E-state index contributed by atoms with van der Waals surface area (Å²) in [5, 5.41) is 8.11. The number of esters is 1. The standard InChI is InChI=1S/C21H31N3O4/c1-21(2,3)28-19(26)18(15-10-6-4-7-11-15)24-17(25)14-22-20(27)23-16-12-8-5-9-13-16/h4,6-7,10-11,16,18H,5,8-9,12-14H2,1-3H3,(H,24,25)(H2,22,23,27)/t18-/m1/s1. The fraction of sp³-hybridized carbons (Fsp3) is 0.571. The van der Waals surface area contributed by atoms with E-state index in [9.17, 15) is 14.4 Å². The highest BCUT2D eigenvalue weighted by Crippen LogP contribution is 2.19. The van der Waals surface area contributed by atoms with Crippen molar-refractivity contribution in [1.82, 2.24) is 16.0 Å². The van der Waals surface area contributed by atoms with Crippen molar-refractivity contribution in [2.75, 3.05) is 6.54 Å². The number of carbonyl (C=O) groups excluding carboxylic acids is 3. The lowest BCUT2D eigenvalue weighted by Crippen LogP contribution is -2.47. The number of nitrogens with one attached hydrogen (secondary N) is 3. The zero-order valence-electron chi connectivity index (χ0n) is 16.9. The van der Waals surface area contributed by atoms with Crippen LogP contribution in [0.25, 0.3) is 0 Å². The second-order valence-electron chi connectivity index (χ2n) is 8.11. The minimum atomic E-state index is -0.934. The molecule has 1 aliphatic rings. The van der Waals surface area contributed by atoms with Gasteiger partial charge in [-0.05, 0) is 39.2 Å². The Morgan fingerprint density at radius 1 is 1.07 bits per heavy atom. The summed E-state index contributed by atoms with van der Waals surface area (Å²) in [6.45, 7) is 5.09. The minimum Gasteiger partial charge on any atom is -0.458 e. The van der Waals surface area contributed by atoms with E-state index in [4.69, 9.17) is 4.74 Å². The number of ether oxygens (including phenoxy) is 1. The van der Waals surface area contributed by atoms with Crippen molar-refractivity contribution in [3.63, 3.8) is 0 Å². The zero-order valence-corrected chi connectivity index (χ0v) is 16.9. The van der Waals surface area contributed by atoms with E-state index in [-0.39, 0.29) is 18.6 Å². The Morgan fingerprint density at radius 3 is 2.32 bits per heavy atom. The summed E-state index contributed by atoms with van der Waals surface area (Å²) < 4.78 is 5.43. The van der Waals surface area contributed by atoms with E-state index in [1.807, 2.05) is 6.07 Å². The number of rotatable bonds is 6. The molecule has 0 aliphatic heterocycles. The van der Waals surface area contributed by atoms with E-state index >= 15 is 0 Å². The van der Waals surface area contributed by atoms with E-state index in [2.05, 4.69) is 16.0 Å². The lowest BCUT2D eigenvalue weighted by atomic mass is 9.96. The summed E-state index contributed by atoms with van der Waals surface area (Å²) in [6, 6.07) is 7.76. The van der Waals surface area contributed by atoms with Crippen LogP contribution in [0.4, 0.5) is 4.79 Å². The largest absolute Gasteiger partial charge is 0.458 e. The van der Waals surface area contributed by atoms with Crippen molar-refractivity contribution < 1.29 is 19.1 Å². The van der Waals surface area contributed by atoms with E-state index in [1.54, 1.807) is 45.0 Å². The van der Waals surface area contributed by atoms with Gasteiger partial charge in [-0.15, -0.1) is 0 Å². The number of carbonyl (C=O) groups is 3. The molecule has 0 bridgehead atoms. The first kappa shape index (κ1) is 21.7. The highest BCUT2D eigenvalue weighted by Gasteiger charge is 2.28. The molecule has 1 atom stereocenters. The molecule has 0 radical (unpaired) electrons. The van der Waals surface area contributed by atoms with Gasteiger partial charge in [0.1, 0.15) is 5.60 Å². The van der Waals surface area contributed by atoms with Gasteiger partial charge in [0.05, 0.1) is 6.54 Å². The van der Waals surface area contributed by atoms with Crippen molar-refractivity contribution in [3.8, 4) is 0 Å². The monoisotopic (exact) mass is 389 g/mol. The van der Waals surface area contributed by atoms with E-state index in [0.717, 1.165) is 25.7 Å². The van der Waals surface area contributed by atoms with Gasteiger partial charge in [-0.2, -0.15) is 0 Å². The molecule has 3 amide bonds. The Hall–Kier alpha value is -2.57. The van der Waals surface area contributed by atoms with Crippen LogP contribution in [-0.4, -0.2) is 36.1 Å². The second kappa shape index (κ2) is 10.1. The van der Waals surface area contributed by atoms with Crippen molar-refractivity contribution in [2.24, 2.45) is 0 Å². The molecule has 0 aromatic heterocycles. The molecule has 1 aromatic carbocycles. The topological polar surface area (TPSA) is 96.5 Å². The molecular formula is C21H31N3O4. The van der Waals surface area contributed by atoms with Crippen molar-refractivity contribution >= 4 is 17.9 Å². The first-order chi connectivity index (χ1) is 13.2. The maximum Gasteiger partial charge on any atom is 0.333 e. The van der Waals surface area contributed by atoms with Crippen LogP contribution in [0.1, 0.15) is 64.5 Å². The average molecular weight is 389 g/mol. The summed E-state index contributed by atoms with van der Waals surface area (Å²) in [4.78, 5) is 36.9. The van der Waals surface area contributed by atoms with Gasteiger partial charge in [0, 0.05) is 6.04 Å². The number of hydrogen-bond donors (Lipinski definition) is 3. The molecule has 1 saturated carbocycles. The number of benzene rings is 1. The van der Waals surface area contributed by atoms with Crippen molar-refractivity contribution in [2.45, 2.75) is 70.6 Å². The predicted molar refractivity (Wildman–Crippen MR) is 107 cm³/mol. The van der Waals surface area contributed by atoms with Crippen LogP contribution in [-0.2, 0) is 14.3 Å². The molecule has 1 aromatic rings. The van der Waals surface area contributed by atoms with Crippen LogP contribution < -0.4 is 16.0 Å². The molecule has 1 aliphatic carbocycles. The van der Waals surface area contributed by atoms with Gasteiger partial charge in [0.15, 0.2) is 6.04 Å². The molecule has 3 N–H and O–H groups in total. The molecule has 0 spiro atoms. The molecule has 28 heavy (non-hydrogen) atoms. The normalized spacial score (nSPS) is 16.0. The highest BCUT2D eigenvalue weighted by molar-refractivity contribution is 5.88. The number of hydrogen-bond acceptors (Lipinski definition) is 4. The third kappa shape index (κ3) is 7.58. The summed E-state index contributed by atoms with van der Waals surface area (Å²) in [6.07, 6.45) is 5.36. The van der Waals surface area contributed by atoms with Crippen LogP contribution in [0.5, 0.6) is 0 Å². The van der Waals surface area contributed by atoms with Gasteiger partial charge in [0.25, 0.3) is 0 Å². The summed E-state index contributed by atoms with van der Waals surface area (Å²) in [5.41, 5.74) is -0.0516. The number of urea groups is 1. The zero-order chi connectivity index (χ0) is 20.6. The van der Waals surface area contributed by atoms with Gasteiger partial charge in [-0.3, -0.25) is 4.79 Å². The summed E-state index contributed by atoms with van der Waals surface area (Å²) in [5.74, 6) is -1.00. The van der Waals surface area contributed by atoms with Crippen LogP contribution in [0, 0.1) is 0 Å². The quantitative estimate of drug-likeness (QED) is 0.652. The van der Waals surface area contributed by atoms with Crippen molar-refractivity contribution in [3.05, 3.63) is 35.9 Å². The molecule has 0 saturated heterocycles. The van der Waals surface area contributed by atoms with E-state index < -0.39 is 23.5 Å². The maximum absolute atomic E-state index is 12.6. The molecule has 2 rings (SSSR count). The average Bonchev–Trinajstić information content (AvgIpc) is 2.64. The van der Waals surface area contributed by atoms with E-state index in [1.165, 1.54) is 6.42 Å². The third-order valence-electron chi connectivity index (χ3n) is 4.43. The molecule has 0 unspecified atom stereocenters.